The van der Waals surface area contributed by atoms with Gasteiger partial charge in [-0.25, -0.2) is 19.9 Å². The van der Waals surface area contributed by atoms with E-state index in [0.29, 0.717) is 6.04 Å². The van der Waals surface area contributed by atoms with E-state index in [9.17, 15) is 0 Å². The number of hydrogen-bond acceptors (Lipinski definition) is 6. The summed E-state index contributed by atoms with van der Waals surface area (Å²) in [5.74, 6) is 1.90. The van der Waals surface area contributed by atoms with Crippen LogP contribution in [-0.4, -0.2) is 39.1 Å². The second kappa shape index (κ2) is 6.39. The lowest BCUT2D eigenvalue weighted by Gasteiger charge is -2.34. The Bertz CT molecular complexity index is 827. The molecule has 0 saturated carbocycles. The van der Waals surface area contributed by atoms with Crippen LogP contribution in [-0.2, 0) is 0 Å². The molecule has 122 valence electrons. The average Bonchev–Trinajstić information content (AvgIpc) is 2.63. The van der Waals surface area contributed by atoms with Crippen molar-refractivity contribution in [3.63, 3.8) is 0 Å². The van der Waals surface area contributed by atoms with Crippen LogP contribution < -0.4 is 10.2 Å². The van der Waals surface area contributed by atoms with Crippen LogP contribution in [0, 0.1) is 6.92 Å². The van der Waals surface area contributed by atoms with Gasteiger partial charge in [-0.1, -0.05) is 12.1 Å². The number of para-hydroxylation sites is 2. The van der Waals surface area contributed by atoms with Gasteiger partial charge in [-0.3, -0.25) is 0 Å². The third-order valence-electron chi connectivity index (χ3n) is 4.45. The van der Waals surface area contributed by atoms with Crippen molar-refractivity contribution in [2.45, 2.75) is 25.8 Å². The first-order valence-corrected chi connectivity index (χ1v) is 8.30. The van der Waals surface area contributed by atoms with Gasteiger partial charge < -0.3 is 10.2 Å². The summed E-state index contributed by atoms with van der Waals surface area (Å²) in [6.45, 7) is 3.98. The predicted octanol–water partition coefficient (Wildman–Crippen LogP) is 2.81. The average molecular weight is 320 g/mol. The number of rotatable bonds is 3. The van der Waals surface area contributed by atoms with Crippen LogP contribution in [0.5, 0.6) is 0 Å². The van der Waals surface area contributed by atoms with Gasteiger partial charge in [0.15, 0.2) is 5.82 Å². The molecule has 1 aliphatic rings. The van der Waals surface area contributed by atoms with E-state index in [1.165, 1.54) is 0 Å². The van der Waals surface area contributed by atoms with Crippen molar-refractivity contribution >= 4 is 22.7 Å². The number of nitrogens with zero attached hydrogens (tertiary/aromatic N) is 5. The fraction of sp³-hybridized carbons (Fsp3) is 0.333. The highest BCUT2D eigenvalue weighted by Crippen LogP contribution is 2.24. The van der Waals surface area contributed by atoms with Gasteiger partial charge in [0.1, 0.15) is 12.1 Å². The maximum absolute atomic E-state index is 4.83. The Balaban J connectivity index is 1.47. The third kappa shape index (κ3) is 2.99. The lowest BCUT2D eigenvalue weighted by molar-refractivity contribution is 0.521. The zero-order valence-corrected chi connectivity index (χ0v) is 13.7. The molecule has 1 aromatic carbocycles. The summed E-state index contributed by atoms with van der Waals surface area (Å²) in [6, 6.07) is 10.4. The fourth-order valence-electron chi connectivity index (χ4n) is 3.20. The van der Waals surface area contributed by atoms with Crippen molar-refractivity contribution in [2.24, 2.45) is 0 Å². The van der Waals surface area contributed by atoms with Crippen LogP contribution >= 0.6 is 0 Å². The van der Waals surface area contributed by atoms with E-state index in [0.717, 1.165) is 54.3 Å². The van der Waals surface area contributed by atoms with E-state index in [2.05, 4.69) is 20.2 Å². The minimum absolute atomic E-state index is 0.435. The van der Waals surface area contributed by atoms with E-state index < -0.39 is 0 Å². The van der Waals surface area contributed by atoms with Gasteiger partial charge in [0.25, 0.3) is 0 Å². The number of aryl methyl sites for hydroxylation is 1. The molecule has 6 nitrogen and oxygen atoms in total. The zero-order valence-electron chi connectivity index (χ0n) is 13.7. The summed E-state index contributed by atoms with van der Waals surface area (Å²) < 4.78 is 0. The van der Waals surface area contributed by atoms with Gasteiger partial charge in [0.2, 0.25) is 0 Å². The molecule has 1 fully saturated rings. The summed E-state index contributed by atoms with van der Waals surface area (Å²) in [7, 11) is 0. The van der Waals surface area contributed by atoms with E-state index in [4.69, 9.17) is 9.97 Å². The molecule has 3 heterocycles. The lowest BCUT2D eigenvalue weighted by atomic mass is 10.0. The number of anilines is 2. The van der Waals surface area contributed by atoms with E-state index in [1.54, 1.807) is 12.5 Å². The summed E-state index contributed by atoms with van der Waals surface area (Å²) >= 11 is 0. The van der Waals surface area contributed by atoms with Crippen LogP contribution in [0.1, 0.15) is 18.5 Å². The molecule has 3 aromatic rings. The topological polar surface area (TPSA) is 66.8 Å². The minimum atomic E-state index is 0.435. The van der Waals surface area contributed by atoms with Crippen molar-refractivity contribution in [1.82, 2.24) is 19.9 Å². The number of aromatic nitrogens is 4. The van der Waals surface area contributed by atoms with Crippen LogP contribution in [0.2, 0.25) is 0 Å². The van der Waals surface area contributed by atoms with Gasteiger partial charge in [0.05, 0.1) is 16.7 Å². The molecule has 0 amide bonds. The van der Waals surface area contributed by atoms with Gasteiger partial charge in [-0.05, 0) is 38.0 Å². The van der Waals surface area contributed by atoms with Gasteiger partial charge >= 0.3 is 0 Å². The monoisotopic (exact) mass is 320 g/mol. The van der Waals surface area contributed by atoms with Crippen molar-refractivity contribution < 1.29 is 0 Å². The predicted molar refractivity (Wildman–Crippen MR) is 95.2 cm³/mol. The fourth-order valence-corrected chi connectivity index (χ4v) is 3.20. The van der Waals surface area contributed by atoms with Gasteiger partial charge in [-0.2, -0.15) is 0 Å². The molecule has 0 atom stereocenters. The van der Waals surface area contributed by atoms with Crippen LogP contribution in [0.3, 0.4) is 0 Å². The number of nitrogens with one attached hydrogen (secondary N) is 1. The normalized spacial score (nSPS) is 15.6. The minimum Gasteiger partial charge on any atom is -0.367 e. The van der Waals surface area contributed by atoms with Crippen molar-refractivity contribution in [3.05, 3.63) is 48.5 Å². The Morgan fingerprint density at radius 1 is 1.04 bits per heavy atom. The smallest absolute Gasteiger partial charge is 0.150 e. The van der Waals surface area contributed by atoms with E-state index in [1.807, 2.05) is 37.3 Å². The summed E-state index contributed by atoms with van der Waals surface area (Å²) in [4.78, 5) is 20.1. The lowest BCUT2D eigenvalue weighted by Crippen LogP contribution is -2.40. The van der Waals surface area contributed by atoms with Crippen LogP contribution in [0.25, 0.3) is 11.0 Å². The molecule has 6 heteroatoms. The summed E-state index contributed by atoms with van der Waals surface area (Å²) in [5.41, 5.74) is 2.91. The molecule has 2 aromatic heterocycles. The molecule has 1 aliphatic heterocycles. The maximum atomic E-state index is 4.83. The highest BCUT2D eigenvalue weighted by atomic mass is 15.2. The first-order valence-electron chi connectivity index (χ1n) is 8.30. The number of piperidine rings is 1. The molecule has 0 unspecified atom stereocenters. The first-order chi connectivity index (χ1) is 11.8. The molecule has 1 saturated heterocycles. The second-order valence-corrected chi connectivity index (χ2v) is 6.12. The SMILES string of the molecule is Cc1nc2ccccc2nc1N1CCC(Nc2ccncn2)CC1. The first kappa shape index (κ1) is 14.8. The Morgan fingerprint density at radius 2 is 1.79 bits per heavy atom. The Morgan fingerprint density at radius 3 is 2.50 bits per heavy atom. The van der Waals surface area contributed by atoms with E-state index in [-0.39, 0.29) is 0 Å². The molecule has 0 aliphatic carbocycles. The van der Waals surface area contributed by atoms with Gasteiger partial charge in [0, 0.05) is 25.3 Å². The summed E-state index contributed by atoms with van der Waals surface area (Å²) in [5, 5.41) is 3.48. The standard InChI is InChI=1S/C18H20N6/c1-13-18(23-16-5-3-2-4-15(16)21-13)24-10-7-14(8-11-24)22-17-6-9-19-12-20-17/h2-6,9,12,14H,7-8,10-11H2,1H3,(H,19,20,22). The third-order valence-corrected chi connectivity index (χ3v) is 4.45. The highest BCUT2D eigenvalue weighted by Gasteiger charge is 2.22. The van der Waals surface area contributed by atoms with Gasteiger partial charge in [-0.15, -0.1) is 0 Å². The molecular formula is C18H20N6. The zero-order chi connectivity index (χ0) is 16.4. The molecule has 24 heavy (non-hydrogen) atoms. The molecule has 4 rings (SSSR count). The molecule has 0 radical (unpaired) electrons. The second-order valence-electron chi connectivity index (χ2n) is 6.12. The molecular weight excluding hydrogens is 300 g/mol. The van der Waals surface area contributed by atoms with E-state index >= 15 is 0 Å². The Labute approximate surface area is 141 Å². The highest BCUT2D eigenvalue weighted by molar-refractivity contribution is 5.76. The number of fused-ring (bicyclic) bond motifs is 1. The maximum Gasteiger partial charge on any atom is 0.150 e. The number of benzene rings is 1. The quantitative estimate of drug-likeness (QED) is 0.800. The van der Waals surface area contributed by atoms with Crippen molar-refractivity contribution in [3.8, 4) is 0 Å². The summed E-state index contributed by atoms with van der Waals surface area (Å²) in [6.07, 6.45) is 5.44. The molecule has 0 spiro atoms. The largest absolute Gasteiger partial charge is 0.367 e. The number of hydrogen-bond donors (Lipinski definition) is 1. The Hall–Kier alpha value is -2.76. The molecule has 1 N–H and O–H groups in total. The van der Waals surface area contributed by atoms with Crippen molar-refractivity contribution in [2.75, 3.05) is 23.3 Å². The van der Waals surface area contributed by atoms with Crippen molar-refractivity contribution in [1.29, 1.82) is 0 Å². The Kier molecular flexibility index (Phi) is 3.94. The van der Waals surface area contributed by atoms with Crippen LogP contribution in [0.15, 0.2) is 42.9 Å². The molecule has 0 bridgehead atoms. The van der Waals surface area contributed by atoms with Crippen LogP contribution in [0.4, 0.5) is 11.6 Å².